The van der Waals surface area contributed by atoms with Crippen molar-refractivity contribution in [1.82, 2.24) is 15.3 Å². The molecule has 0 fully saturated rings. The summed E-state index contributed by atoms with van der Waals surface area (Å²) in [6.07, 6.45) is 3.30. The largest absolute Gasteiger partial charge is 0.351 e. The predicted octanol–water partition coefficient (Wildman–Crippen LogP) is 1.64. The molecule has 2 aliphatic rings. The lowest BCUT2D eigenvalue weighted by Crippen LogP contribution is -2.41. The van der Waals surface area contributed by atoms with E-state index in [1.165, 1.54) is 0 Å². The second-order valence-corrected chi connectivity index (χ2v) is 5.21. The number of rotatable bonds is 1. The summed E-state index contributed by atoms with van der Waals surface area (Å²) in [7, 11) is 0. The third kappa shape index (κ3) is 1.48. The zero-order chi connectivity index (χ0) is 13.7. The lowest BCUT2D eigenvalue weighted by atomic mass is 9.90. The standard InChI is InChI=1S/C14H10N4OS/c19-13-8-4-2-1-3-7(8)11-10(13)12(18-14(20)17-11)9-5-15-6-16-9/h1-6,10,12H,(H,15,16)(H,18,20). The number of carbonyl (C=O) groups is 1. The summed E-state index contributed by atoms with van der Waals surface area (Å²) in [5.74, 6) is -0.270. The third-order valence-electron chi connectivity index (χ3n) is 3.73. The van der Waals surface area contributed by atoms with Gasteiger partial charge in [-0.15, -0.1) is 0 Å². The van der Waals surface area contributed by atoms with E-state index >= 15 is 0 Å². The van der Waals surface area contributed by atoms with Crippen LogP contribution >= 0.6 is 12.2 Å². The molecule has 0 saturated carbocycles. The molecule has 2 aromatic rings. The number of hydrogen-bond acceptors (Lipinski definition) is 3. The summed E-state index contributed by atoms with van der Waals surface area (Å²) in [6, 6.07) is 7.30. The van der Waals surface area contributed by atoms with Gasteiger partial charge in [0.05, 0.1) is 35.9 Å². The van der Waals surface area contributed by atoms with Crippen molar-refractivity contribution in [3.05, 3.63) is 53.6 Å². The molecule has 1 aliphatic heterocycles. The van der Waals surface area contributed by atoms with Gasteiger partial charge in [-0.2, -0.15) is 0 Å². The summed E-state index contributed by atoms with van der Waals surface area (Å²) < 4.78 is 0. The van der Waals surface area contributed by atoms with Crippen molar-refractivity contribution >= 4 is 28.8 Å². The van der Waals surface area contributed by atoms with E-state index < -0.39 is 0 Å². The number of nitrogens with zero attached hydrogens (tertiary/aromatic N) is 2. The highest BCUT2D eigenvalue weighted by Gasteiger charge is 2.45. The summed E-state index contributed by atoms with van der Waals surface area (Å²) in [5, 5.41) is 3.51. The van der Waals surface area contributed by atoms with Crippen LogP contribution in [0.2, 0.25) is 0 Å². The number of ketones is 1. The number of Topliss-reactive ketones (excluding diaryl/α,β-unsaturated/α-hetero) is 1. The van der Waals surface area contributed by atoms with Crippen LogP contribution in [0.1, 0.15) is 27.7 Å². The average molecular weight is 282 g/mol. The molecule has 2 N–H and O–H groups in total. The third-order valence-corrected chi connectivity index (χ3v) is 3.94. The average Bonchev–Trinajstić information content (AvgIpc) is 3.07. The number of hydrogen-bond donors (Lipinski definition) is 2. The zero-order valence-electron chi connectivity index (χ0n) is 10.3. The maximum atomic E-state index is 12.6. The number of aliphatic imine (C=N–C) groups is 1. The number of thiocarbonyl (C=S) groups is 1. The van der Waals surface area contributed by atoms with Crippen molar-refractivity contribution in [3.8, 4) is 0 Å². The quantitative estimate of drug-likeness (QED) is 0.780. The molecule has 2 heterocycles. The fraction of sp³-hybridized carbons (Fsp3) is 0.143. The molecular weight excluding hydrogens is 272 g/mol. The van der Waals surface area contributed by atoms with Gasteiger partial charge in [-0.1, -0.05) is 24.3 Å². The number of carbonyl (C=O) groups excluding carboxylic acids is 1. The number of fused-ring (bicyclic) bond motifs is 3. The van der Waals surface area contributed by atoms with E-state index in [0.717, 1.165) is 17.0 Å². The number of nitrogens with one attached hydrogen (secondary N) is 2. The van der Waals surface area contributed by atoms with E-state index in [4.69, 9.17) is 12.2 Å². The van der Waals surface area contributed by atoms with E-state index in [1.807, 2.05) is 24.3 Å². The van der Waals surface area contributed by atoms with Gasteiger partial charge in [-0.25, -0.2) is 9.98 Å². The van der Waals surface area contributed by atoms with E-state index in [9.17, 15) is 4.79 Å². The Kier molecular flexibility index (Phi) is 2.34. The van der Waals surface area contributed by atoms with Gasteiger partial charge in [0.2, 0.25) is 0 Å². The summed E-state index contributed by atoms with van der Waals surface area (Å²) in [5.41, 5.74) is 3.20. The number of aromatic amines is 1. The van der Waals surface area contributed by atoms with Crippen LogP contribution < -0.4 is 5.32 Å². The molecule has 6 heteroatoms. The highest BCUT2D eigenvalue weighted by molar-refractivity contribution is 7.80. The monoisotopic (exact) mass is 282 g/mol. The van der Waals surface area contributed by atoms with Crippen molar-refractivity contribution in [2.24, 2.45) is 10.9 Å². The Hall–Kier alpha value is -2.34. The van der Waals surface area contributed by atoms with Crippen molar-refractivity contribution in [1.29, 1.82) is 0 Å². The van der Waals surface area contributed by atoms with Crippen molar-refractivity contribution in [2.45, 2.75) is 6.04 Å². The molecule has 20 heavy (non-hydrogen) atoms. The van der Waals surface area contributed by atoms with E-state index in [0.29, 0.717) is 10.7 Å². The van der Waals surface area contributed by atoms with Crippen LogP contribution in [0.4, 0.5) is 0 Å². The minimum absolute atomic E-state index is 0.0777. The second-order valence-electron chi connectivity index (χ2n) is 4.82. The van der Waals surface area contributed by atoms with Crippen LogP contribution in [0.15, 0.2) is 41.8 Å². The zero-order valence-corrected chi connectivity index (χ0v) is 11.1. The minimum Gasteiger partial charge on any atom is -0.351 e. The molecule has 0 radical (unpaired) electrons. The molecule has 0 saturated heterocycles. The van der Waals surface area contributed by atoms with Gasteiger partial charge >= 0.3 is 0 Å². The highest BCUT2D eigenvalue weighted by atomic mass is 32.1. The van der Waals surface area contributed by atoms with Crippen molar-refractivity contribution in [3.63, 3.8) is 0 Å². The first-order chi connectivity index (χ1) is 9.75. The Morgan fingerprint density at radius 3 is 2.75 bits per heavy atom. The maximum absolute atomic E-state index is 12.6. The number of H-pyrrole nitrogens is 1. The van der Waals surface area contributed by atoms with Crippen LogP contribution in [0, 0.1) is 5.92 Å². The van der Waals surface area contributed by atoms with E-state index in [1.54, 1.807) is 12.5 Å². The lowest BCUT2D eigenvalue weighted by molar-refractivity contribution is 0.0943. The first kappa shape index (κ1) is 11.5. The van der Waals surface area contributed by atoms with Gasteiger partial charge in [-0.05, 0) is 12.2 Å². The molecule has 1 aliphatic carbocycles. The molecule has 4 rings (SSSR count). The molecule has 0 spiro atoms. The van der Waals surface area contributed by atoms with Crippen LogP contribution in [0.5, 0.6) is 0 Å². The molecule has 1 aromatic heterocycles. The normalized spacial score (nSPS) is 23.9. The summed E-state index contributed by atoms with van der Waals surface area (Å²) >= 11 is 5.20. The summed E-state index contributed by atoms with van der Waals surface area (Å²) in [6.45, 7) is 0. The van der Waals surface area contributed by atoms with E-state index in [-0.39, 0.29) is 17.7 Å². The second kappa shape index (κ2) is 4.08. The Balaban J connectivity index is 1.90. The first-order valence-corrected chi connectivity index (χ1v) is 6.67. The molecule has 1 aromatic carbocycles. The van der Waals surface area contributed by atoms with Gasteiger partial charge in [0, 0.05) is 11.1 Å². The van der Waals surface area contributed by atoms with Gasteiger partial charge in [0.15, 0.2) is 10.9 Å². The highest BCUT2D eigenvalue weighted by Crippen LogP contribution is 2.37. The van der Waals surface area contributed by atoms with Gasteiger partial charge in [0.25, 0.3) is 0 Å². The molecule has 2 unspecified atom stereocenters. The molecule has 2 atom stereocenters. The SMILES string of the molecule is O=C1c2ccccc2C2=NC(=S)NC(c3cnc[nH]3)C12. The van der Waals surface area contributed by atoms with E-state index in [2.05, 4.69) is 20.3 Å². The predicted molar refractivity (Wildman–Crippen MR) is 77.9 cm³/mol. The van der Waals surface area contributed by atoms with Crippen molar-refractivity contribution in [2.75, 3.05) is 0 Å². The minimum atomic E-state index is -0.348. The molecule has 0 amide bonds. The van der Waals surface area contributed by atoms with Crippen LogP contribution in [-0.4, -0.2) is 26.6 Å². The topological polar surface area (TPSA) is 70.1 Å². The number of imidazole rings is 1. The Labute approximate surface area is 120 Å². The number of aromatic nitrogens is 2. The van der Waals surface area contributed by atoms with Crippen molar-refractivity contribution < 1.29 is 4.79 Å². The fourth-order valence-electron chi connectivity index (χ4n) is 2.87. The lowest BCUT2D eigenvalue weighted by Gasteiger charge is -2.27. The van der Waals surface area contributed by atoms with Gasteiger partial charge in [0.1, 0.15) is 0 Å². The van der Waals surface area contributed by atoms with Crippen LogP contribution in [0.3, 0.4) is 0 Å². The van der Waals surface area contributed by atoms with Crippen LogP contribution in [-0.2, 0) is 0 Å². The Morgan fingerprint density at radius 1 is 1.20 bits per heavy atom. The molecule has 0 bridgehead atoms. The molecular formula is C14H10N4OS. The first-order valence-electron chi connectivity index (χ1n) is 6.26. The van der Waals surface area contributed by atoms with Gasteiger partial charge in [-0.3, -0.25) is 4.79 Å². The Bertz CT molecular complexity index is 750. The molecule has 98 valence electrons. The Morgan fingerprint density at radius 2 is 2.00 bits per heavy atom. The number of benzene rings is 1. The van der Waals surface area contributed by atoms with Crippen LogP contribution in [0.25, 0.3) is 0 Å². The maximum Gasteiger partial charge on any atom is 0.193 e. The summed E-state index contributed by atoms with van der Waals surface area (Å²) in [4.78, 5) is 24.1. The van der Waals surface area contributed by atoms with Gasteiger partial charge < -0.3 is 10.3 Å². The smallest absolute Gasteiger partial charge is 0.193 e. The fourth-order valence-corrected chi connectivity index (χ4v) is 3.10. The molecule has 5 nitrogen and oxygen atoms in total.